The first-order valence-electron chi connectivity index (χ1n) is 6.01. The summed E-state index contributed by atoms with van der Waals surface area (Å²) < 4.78 is 25.9. The Labute approximate surface area is 116 Å². The molecule has 1 fully saturated rings. The molecule has 1 aliphatic rings. The maximum atomic E-state index is 12.3. The molecule has 0 saturated carbocycles. The highest BCUT2D eigenvalue weighted by atomic mass is 32.2. The van der Waals surface area contributed by atoms with Gasteiger partial charge in [0.2, 0.25) is 10.0 Å². The molecule has 0 spiro atoms. The topological polar surface area (TPSA) is 111 Å². The fourth-order valence-corrected chi connectivity index (χ4v) is 3.65. The van der Waals surface area contributed by atoms with Crippen molar-refractivity contribution in [1.29, 1.82) is 5.26 Å². The number of carboxylic acids is 1. The van der Waals surface area contributed by atoms with E-state index < -0.39 is 16.0 Å². The molecule has 20 heavy (non-hydrogen) atoms. The van der Waals surface area contributed by atoms with Gasteiger partial charge in [0, 0.05) is 25.7 Å². The van der Waals surface area contributed by atoms with Gasteiger partial charge in [0.05, 0.1) is 0 Å². The fraction of sp³-hybridized carbons (Fsp3) is 0.417. The van der Waals surface area contributed by atoms with Crippen LogP contribution in [0.2, 0.25) is 0 Å². The summed E-state index contributed by atoms with van der Waals surface area (Å²) in [5.74, 6) is -1.08. The van der Waals surface area contributed by atoms with Crippen molar-refractivity contribution in [2.24, 2.45) is 5.92 Å². The van der Waals surface area contributed by atoms with Crippen LogP contribution in [-0.4, -0.2) is 41.9 Å². The second-order valence-corrected chi connectivity index (χ2v) is 6.54. The number of carboxylic acid groups (broad SMARTS) is 1. The highest BCUT2D eigenvalue weighted by Crippen LogP contribution is 2.25. The molecular weight excluding hydrogens is 282 g/mol. The molecule has 0 bridgehead atoms. The molecule has 0 radical (unpaired) electrons. The predicted molar refractivity (Wildman–Crippen MR) is 68.1 cm³/mol. The summed E-state index contributed by atoms with van der Waals surface area (Å²) in [4.78, 5) is 14.4. The molecule has 1 saturated heterocycles. The Morgan fingerprint density at radius 2 is 2.30 bits per heavy atom. The van der Waals surface area contributed by atoms with Crippen LogP contribution in [0.5, 0.6) is 0 Å². The van der Waals surface area contributed by atoms with Gasteiger partial charge in [0.25, 0.3) is 0 Å². The second kappa shape index (κ2) is 5.56. The number of nitriles is 1. The van der Waals surface area contributed by atoms with Crippen LogP contribution in [0.15, 0.2) is 23.2 Å². The van der Waals surface area contributed by atoms with E-state index in [-0.39, 0.29) is 29.5 Å². The fourth-order valence-electron chi connectivity index (χ4n) is 2.18. The second-order valence-electron chi connectivity index (χ2n) is 4.61. The first-order chi connectivity index (χ1) is 9.43. The van der Waals surface area contributed by atoms with E-state index in [2.05, 4.69) is 4.98 Å². The maximum Gasteiger partial charge on any atom is 0.303 e. The van der Waals surface area contributed by atoms with Crippen LogP contribution < -0.4 is 0 Å². The first-order valence-corrected chi connectivity index (χ1v) is 7.45. The summed E-state index contributed by atoms with van der Waals surface area (Å²) in [6.45, 7) is 0.509. The third kappa shape index (κ3) is 2.95. The Balaban J connectivity index is 2.15. The zero-order valence-corrected chi connectivity index (χ0v) is 11.4. The van der Waals surface area contributed by atoms with E-state index >= 15 is 0 Å². The maximum absolute atomic E-state index is 12.3. The lowest BCUT2D eigenvalue weighted by Crippen LogP contribution is -2.29. The van der Waals surface area contributed by atoms with Crippen LogP contribution in [0.3, 0.4) is 0 Å². The third-order valence-electron chi connectivity index (χ3n) is 3.20. The van der Waals surface area contributed by atoms with Crippen LogP contribution in [-0.2, 0) is 14.8 Å². The average Bonchev–Trinajstić information content (AvgIpc) is 2.87. The molecule has 106 valence electrons. The van der Waals surface area contributed by atoms with Crippen LogP contribution in [0.4, 0.5) is 0 Å². The zero-order chi connectivity index (χ0) is 14.8. The summed E-state index contributed by atoms with van der Waals surface area (Å²) >= 11 is 0. The average molecular weight is 295 g/mol. The van der Waals surface area contributed by atoms with Gasteiger partial charge in [0.15, 0.2) is 0 Å². The number of pyridine rings is 1. The van der Waals surface area contributed by atoms with Gasteiger partial charge < -0.3 is 5.11 Å². The van der Waals surface area contributed by atoms with Crippen LogP contribution in [0.1, 0.15) is 18.5 Å². The molecule has 2 heterocycles. The molecule has 2 rings (SSSR count). The Morgan fingerprint density at radius 1 is 1.55 bits per heavy atom. The summed E-state index contributed by atoms with van der Waals surface area (Å²) in [7, 11) is -3.66. The monoisotopic (exact) mass is 295 g/mol. The van der Waals surface area contributed by atoms with Crippen molar-refractivity contribution < 1.29 is 18.3 Å². The van der Waals surface area contributed by atoms with Crippen LogP contribution in [0.25, 0.3) is 0 Å². The molecule has 1 aromatic rings. The zero-order valence-electron chi connectivity index (χ0n) is 10.6. The first kappa shape index (κ1) is 14.4. The van der Waals surface area contributed by atoms with E-state index in [4.69, 9.17) is 10.4 Å². The number of rotatable bonds is 4. The molecule has 0 amide bonds. The Kier molecular flexibility index (Phi) is 4.01. The van der Waals surface area contributed by atoms with Crippen molar-refractivity contribution in [1.82, 2.24) is 9.29 Å². The largest absolute Gasteiger partial charge is 0.481 e. The van der Waals surface area contributed by atoms with Crippen molar-refractivity contribution in [3.05, 3.63) is 24.0 Å². The molecule has 1 aliphatic heterocycles. The van der Waals surface area contributed by atoms with Gasteiger partial charge in [-0.05, 0) is 24.5 Å². The molecule has 7 nitrogen and oxygen atoms in total. The summed E-state index contributed by atoms with van der Waals surface area (Å²) in [5, 5.41) is 17.4. The van der Waals surface area contributed by atoms with Crippen LogP contribution in [0, 0.1) is 17.2 Å². The highest BCUT2D eigenvalue weighted by Gasteiger charge is 2.33. The minimum Gasteiger partial charge on any atom is -0.481 e. The summed E-state index contributed by atoms with van der Waals surface area (Å²) in [6, 6.07) is 4.50. The molecule has 1 aromatic heterocycles. The van der Waals surface area contributed by atoms with E-state index in [1.807, 2.05) is 6.07 Å². The lowest BCUT2D eigenvalue weighted by atomic mass is 10.1. The lowest BCUT2D eigenvalue weighted by Gasteiger charge is -2.16. The van der Waals surface area contributed by atoms with E-state index in [9.17, 15) is 13.2 Å². The smallest absolute Gasteiger partial charge is 0.303 e. The number of nitrogens with zero attached hydrogens (tertiary/aromatic N) is 3. The van der Waals surface area contributed by atoms with Crippen molar-refractivity contribution in [3.8, 4) is 6.07 Å². The molecule has 1 atom stereocenters. The predicted octanol–water partition coefficient (Wildman–Crippen LogP) is 0.439. The highest BCUT2D eigenvalue weighted by molar-refractivity contribution is 7.89. The van der Waals surface area contributed by atoms with Gasteiger partial charge in [0.1, 0.15) is 16.7 Å². The number of sulfonamides is 1. The van der Waals surface area contributed by atoms with Gasteiger partial charge in [-0.2, -0.15) is 9.57 Å². The molecule has 0 aliphatic carbocycles. The van der Waals surface area contributed by atoms with Gasteiger partial charge in [-0.25, -0.2) is 13.4 Å². The Morgan fingerprint density at radius 3 is 2.85 bits per heavy atom. The minimum atomic E-state index is -3.66. The van der Waals surface area contributed by atoms with Crippen molar-refractivity contribution in [2.45, 2.75) is 17.7 Å². The number of hydrogen-bond acceptors (Lipinski definition) is 5. The van der Waals surface area contributed by atoms with Gasteiger partial charge in [-0.1, -0.05) is 0 Å². The molecular formula is C12H13N3O4S. The van der Waals surface area contributed by atoms with Gasteiger partial charge >= 0.3 is 5.97 Å². The van der Waals surface area contributed by atoms with Crippen molar-refractivity contribution in [2.75, 3.05) is 13.1 Å². The van der Waals surface area contributed by atoms with Crippen molar-refractivity contribution >= 4 is 16.0 Å². The van der Waals surface area contributed by atoms with Crippen molar-refractivity contribution in [3.63, 3.8) is 0 Å². The van der Waals surface area contributed by atoms with Crippen LogP contribution >= 0.6 is 0 Å². The SMILES string of the molecule is N#Cc1ccc(S(=O)(=O)N2CCC(CC(=O)O)C2)cn1. The van der Waals surface area contributed by atoms with E-state index in [1.54, 1.807) is 0 Å². The number of aliphatic carboxylic acids is 1. The number of carbonyl (C=O) groups is 1. The Bertz CT molecular complexity index is 648. The normalized spacial score (nSPS) is 19.6. The summed E-state index contributed by atoms with van der Waals surface area (Å²) in [5.41, 5.74) is 0.147. The van der Waals surface area contributed by atoms with Gasteiger partial charge in [-0.15, -0.1) is 0 Å². The minimum absolute atomic E-state index is 0.0208. The molecule has 1 N–H and O–H groups in total. The molecule has 0 aromatic carbocycles. The molecule has 1 unspecified atom stereocenters. The summed E-state index contributed by atoms with van der Waals surface area (Å²) in [6.07, 6.45) is 1.66. The van der Waals surface area contributed by atoms with E-state index in [0.29, 0.717) is 13.0 Å². The van der Waals surface area contributed by atoms with E-state index in [1.165, 1.54) is 16.4 Å². The quantitative estimate of drug-likeness (QED) is 0.862. The standard InChI is InChI=1S/C12H13N3O4S/c13-6-10-1-2-11(7-14-10)20(18,19)15-4-3-9(8-15)5-12(16)17/h1-2,7,9H,3-5,8H2,(H,16,17). The number of aromatic nitrogens is 1. The van der Waals surface area contributed by atoms with Gasteiger partial charge in [-0.3, -0.25) is 4.79 Å². The number of hydrogen-bond donors (Lipinski definition) is 1. The third-order valence-corrected chi connectivity index (χ3v) is 5.05. The lowest BCUT2D eigenvalue weighted by molar-refractivity contribution is -0.137. The van der Waals surface area contributed by atoms with E-state index in [0.717, 1.165) is 6.20 Å². The molecule has 8 heteroatoms. The Hall–Kier alpha value is -1.98.